The molecule has 2 N–H and O–H groups in total. The largest absolute Gasteiger partial charge is 0.404 e. The van der Waals surface area contributed by atoms with E-state index in [4.69, 9.17) is 4.42 Å². The number of aromatic nitrogens is 1. The molecule has 5 heteroatoms. The van der Waals surface area contributed by atoms with Gasteiger partial charge in [-0.3, -0.25) is 9.79 Å². The summed E-state index contributed by atoms with van der Waals surface area (Å²) < 4.78 is 5.30. The summed E-state index contributed by atoms with van der Waals surface area (Å²) in [5.74, 6) is 0.703. The lowest BCUT2D eigenvalue weighted by molar-refractivity contribution is -0.383. The van der Waals surface area contributed by atoms with Crippen molar-refractivity contribution in [1.29, 1.82) is 0 Å². The average Bonchev–Trinajstić information content (AvgIpc) is 3.09. The summed E-state index contributed by atoms with van der Waals surface area (Å²) in [6.45, 7) is 1.49. The van der Waals surface area contributed by atoms with Gasteiger partial charge < -0.3 is 9.73 Å². The fourth-order valence-electron chi connectivity index (χ4n) is 2.11. The molecule has 0 aliphatic rings. The molecule has 114 valence electrons. The molecule has 0 atom stereocenters. The van der Waals surface area contributed by atoms with E-state index in [0.717, 1.165) is 28.3 Å². The minimum Gasteiger partial charge on any atom is -0.404 e. The van der Waals surface area contributed by atoms with Crippen molar-refractivity contribution in [3.05, 3.63) is 66.7 Å². The first kappa shape index (κ1) is 14.7. The van der Waals surface area contributed by atoms with Crippen LogP contribution in [0.25, 0.3) is 11.3 Å². The van der Waals surface area contributed by atoms with Crippen LogP contribution >= 0.6 is 0 Å². The number of hydrogen-bond donors (Lipinski definition) is 1. The maximum absolute atomic E-state index is 11.0. The highest BCUT2D eigenvalue weighted by molar-refractivity contribution is 5.89. The molecule has 0 bridgehead atoms. The molecule has 0 saturated carbocycles. The lowest BCUT2D eigenvalue weighted by Gasteiger charge is -2.01. The Kier molecular flexibility index (Phi) is 4.29. The van der Waals surface area contributed by atoms with Gasteiger partial charge in [0.2, 0.25) is 17.9 Å². The third-order valence-corrected chi connectivity index (χ3v) is 3.21. The number of amides is 1. The number of rotatable bonds is 4. The van der Waals surface area contributed by atoms with Gasteiger partial charge in [0.05, 0.1) is 5.69 Å². The van der Waals surface area contributed by atoms with Crippen molar-refractivity contribution in [3.63, 3.8) is 0 Å². The number of aromatic amines is 1. The van der Waals surface area contributed by atoms with E-state index in [2.05, 4.69) is 15.3 Å². The monoisotopic (exact) mass is 306 g/mol. The van der Waals surface area contributed by atoms with Crippen molar-refractivity contribution in [2.24, 2.45) is 4.99 Å². The van der Waals surface area contributed by atoms with Crippen molar-refractivity contribution in [2.45, 2.75) is 6.92 Å². The van der Waals surface area contributed by atoms with Gasteiger partial charge >= 0.3 is 6.39 Å². The Morgan fingerprint density at radius 3 is 2.48 bits per heavy atom. The highest BCUT2D eigenvalue weighted by Gasteiger charge is 2.03. The van der Waals surface area contributed by atoms with Crippen LogP contribution in [0.15, 0.2) is 70.5 Å². The molecule has 23 heavy (non-hydrogen) atoms. The number of oxazole rings is 1. The lowest BCUT2D eigenvalue weighted by atomic mass is 10.1. The van der Waals surface area contributed by atoms with E-state index in [0.29, 0.717) is 0 Å². The van der Waals surface area contributed by atoms with E-state index >= 15 is 0 Å². The van der Waals surface area contributed by atoms with E-state index in [9.17, 15) is 4.79 Å². The number of nitrogens with one attached hydrogen (secondary N) is 2. The lowest BCUT2D eigenvalue weighted by Crippen LogP contribution is -2.05. The number of benzene rings is 2. The van der Waals surface area contributed by atoms with Gasteiger partial charge in [-0.05, 0) is 42.0 Å². The summed E-state index contributed by atoms with van der Waals surface area (Å²) in [5, 5.41) is 2.73. The van der Waals surface area contributed by atoms with Gasteiger partial charge in [-0.2, -0.15) is 4.98 Å². The standard InChI is InChI=1S/C18H15N3O2/c1-13(22)21-17-6-2-14(3-7-17)10-20-16-8-4-15(5-9-16)18-11-19-12-23-18/h2-12H,1H3,(H,21,22)/p+1. The van der Waals surface area contributed by atoms with E-state index in [1.54, 1.807) is 12.4 Å². The van der Waals surface area contributed by atoms with Gasteiger partial charge in [0.25, 0.3) is 0 Å². The van der Waals surface area contributed by atoms with Crippen molar-refractivity contribution in [3.8, 4) is 11.3 Å². The van der Waals surface area contributed by atoms with Crippen LogP contribution in [0.2, 0.25) is 0 Å². The van der Waals surface area contributed by atoms with Crippen LogP contribution in [0.4, 0.5) is 11.4 Å². The van der Waals surface area contributed by atoms with Crippen LogP contribution in [0.1, 0.15) is 12.5 Å². The molecule has 5 nitrogen and oxygen atoms in total. The first-order valence-electron chi connectivity index (χ1n) is 7.17. The van der Waals surface area contributed by atoms with Crippen LogP contribution in [-0.4, -0.2) is 12.1 Å². The molecule has 3 aromatic rings. The summed E-state index contributed by atoms with van der Waals surface area (Å²) in [7, 11) is 0. The maximum Gasteiger partial charge on any atom is 0.333 e. The van der Waals surface area contributed by atoms with E-state index in [1.165, 1.54) is 13.3 Å². The Morgan fingerprint density at radius 2 is 1.87 bits per heavy atom. The zero-order valence-corrected chi connectivity index (χ0v) is 12.6. The van der Waals surface area contributed by atoms with Crippen molar-refractivity contribution in [2.75, 3.05) is 5.32 Å². The summed E-state index contributed by atoms with van der Waals surface area (Å²) in [5.41, 5.74) is 3.58. The van der Waals surface area contributed by atoms with Crippen LogP contribution in [0.5, 0.6) is 0 Å². The van der Waals surface area contributed by atoms with Crippen molar-refractivity contribution >= 4 is 23.5 Å². The SMILES string of the molecule is CC(=O)Nc1ccc(C=Nc2ccc(-c3c[nH+]co3)cc2)cc1. The Morgan fingerprint density at radius 1 is 1.13 bits per heavy atom. The predicted octanol–water partition coefficient (Wildman–Crippen LogP) is 3.47. The zero-order chi connectivity index (χ0) is 16.1. The van der Waals surface area contributed by atoms with Crippen molar-refractivity contribution < 1.29 is 14.2 Å². The molecule has 0 spiro atoms. The number of carbonyl (C=O) groups is 1. The minimum absolute atomic E-state index is 0.0827. The fraction of sp³-hybridized carbons (Fsp3) is 0.0556. The van der Waals surface area contributed by atoms with Crippen LogP contribution in [0, 0.1) is 0 Å². The third-order valence-electron chi connectivity index (χ3n) is 3.21. The smallest absolute Gasteiger partial charge is 0.333 e. The molecule has 0 saturated heterocycles. The highest BCUT2D eigenvalue weighted by atomic mass is 16.3. The average molecular weight is 306 g/mol. The first-order chi connectivity index (χ1) is 11.2. The van der Waals surface area contributed by atoms with Gasteiger partial charge in [0.1, 0.15) is 0 Å². The molecule has 0 unspecified atom stereocenters. The number of anilines is 1. The first-order valence-corrected chi connectivity index (χ1v) is 7.17. The zero-order valence-electron chi connectivity index (χ0n) is 12.6. The topological polar surface area (TPSA) is 68.7 Å². The van der Waals surface area contributed by atoms with Gasteiger partial charge in [0.15, 0.2) is 0 Å². The normalized spacial score (nSPS) is 10.8. The van der Waals surface area contributed by atoms with E-state index in [1.807, 2.05) is 48.5 Å². The molecule has 1 amide bonds. The molecule has 0 aliphatic carbocycles. The summed E-state index contributed by atoms with van der Waals surface area (Å²) >= 11 is 0. The van der Waals surface area contributed by atoms with Crippen LogP contribution < -0.4 is 10.3 Å². The molecule has 0 radical (unpaired) electrons. The van der Waals surface area contributed by atoms with E-state index < -0.39 is 0 Å². The molecule has 3 rings (SSSR count). The quantitative estimate of drug-likeness (QED) is 0.750. The number of aliphatic imine (C=N–C) groups is 1. The van der Waals surface area contributed by atoms with Crippen LogP contribution in [-0.2, 0) is 4.79 Å². The van der Waals surface area contributed by atoms with Gasteiger partial charge in [-0.1, -0.05) is 12.1 Å². The second kappa shape index (κ2) is 6.70. The van der Waals surface area contributed by atoms with Crippen LogP contribution in [0.3, 0.4) is 0 Å². The van der Waals surface area contributed by atoms with E-state index in [-0.39, 0.29) is 5.91 Å². The summed E-state index contributed by atoms with van der Waals surface area (Å²) in [6.07, 6.45) is 5.12. The number of hydrogen-bond acceptors (Lipinski definition) is 3. The molecule has 1 heterocycles. The molecular formula is C18H16N3O2+. The second-order valence-corrected chi connectivity index (χ2v) is 5.02. The Balaban J connectivity index is 1.69. The highest BCUT2D eigenvalue weighted by Crippen LogP contribution is 2.21. The molecular weight excluding hydrogens is 290 g/mol. The van der Waals surface area contributed by atoms with Gasteiger partial charge in [-0.15, -0.1) is 0 Å². The summed E-state index contributed by atoms with van der Waals surface area (Å²) in [4.78, 5) is 18.3. The molecule has 1 aromatic heterocycles. The molecule has 0 fully saturated rings. The second-order valence-electron chi connectivity index (χ2n) is 5.02. The third kappa shape index (κ3) is 3.91. The maximum atomic E-state index is 11.0. The Bertz CT molecular complexity index is 804. The number of nitrogens with zero attached hydrogens (tertiary/aromatic N) is 1. The predicted molar refractivity (Wildman–Crippen MR) is 88.7 cm³/mol. The molecule has 0 aliphatic heterocycles. The number of carbonyl (C=O) groups excluding carboxylic acids is 1. The molecule has 2 aromatic carbocycles. The Hall–Kier alpha value is -3.21. The van der Waals surface area contributed by atoms with Gasteiger partial charge in [0, 0.05) is 24.4 Å². The minimum atomic E-state index is -0.0827. The van der Waals surface area contributed by atoms with Gasteiger partial charge in [-0.25, -0.2) is 0 Å². The fourth-order valence-corrected chi connectivity index (χ4v) is 2.11. The van der Waals surface area contributed by atoms with Crippen molar-refractivity contribution in [1.82, 2.24) is 0 Å². The summed E-state index contributed by atoms with van der Waals surface area (Å²) in [6, 6.07) is 15.3. The Labute approximate surface area is 133 Å². The number of H-pyrrole nitrogens is 1.